The fraction of sp³-hybridized carbons (Fsp3) is 0.647. The zero-order chi connectivity index (χ0) is 12.9. The smallest absolute Gasteiger partial charge is 0.119 e. The minimum absolute atomic E-state index is 0.847. The van der Waals surface area contributed by atoms with Gasteiger partial charge in [-0.1, -0.05) is 70.4 Å². The Labute approximate surface area is 113 Å². The molecule has 1 heteroatoms. The van der Waals surface area contributed by atoms with Crippen LogP contribution in [0.25, 0.3) is 0 Å². The Hall–Kier alpha value is -0.980. The van der Waals surface area contributed by atoms with Crippen LogP contribution in [0.4, 0.5) is 0 Å². The van der Waals surface area contributed by atoms with Gasteiger partial charge >= 0.3 is 0 Å². The SMILES string of the molecule is CCCCCCCCCCCOc1cc[c]cc1. The van der Waals surface area contributed by atoms with Gasteiger partial charge in [0.25, 0.3) is 0 Å². The van der Waals surface area contributed by atoms with Crippen LogP contribution in [0.15, 0.2) is 24.3 Å². The van der Waals surface area contributed by atoms with Gasteiger partial charge in [0.1, 0.15) is 5.75 Å². The fourth-order valence-electron chi connectivity index (χ4n) is 2.07. The van der Waals surface area contributed by atoms with Gasteiger partial charge in [0.2, 0.25) is 0 Å². The van der Waals surface area contributed by atoms with Crippen molar-refractivity contribution in [3.05, 3.63) is 30.3 Å². The molecule has 0 N–H and O–H groups in total. The van der Waals surface area contributed by atoms with E-state index in [1.54, 1.807) is 0 Å². The standard InChI is InChI=1S/C17H27O/c1-2-3-4-5-6-7-8-9-13-16-18-17-14-11-10-12-15-17/h11-12,14-15H,2-9,13,16H2,1H3. The summed E-state index contributed by atoms with van der Waals surface area (Å²) in [6.45, 7) is 3.12. The van der Waals surface area contributed by atoms with E-state index in [0.717, 1.165) is 12.4 Å². The van der Waals surface area contributed by atoms with Crippen molar-refractivity contribution < 1.29 is 4.74 Å². The molecule has 1 aromatic carbocycles. The molecule has 101 valence electrons. The van der Waals surface area contributed by atoms with E-state index in [1.807, 2.05) is 24.3 Å². The fourth-order valence-corrected chi connectivity index (χ4v) is 2.07. The van der Waals surface area contributed by atoms with E-state index in [9.17, 15) is 0 Å². The molecule has 0 aliphatic heterocycles. The molecule has 0 aromatic heterocycles. The topological polar surface area (TPSA) is 9.23 Å². The van der Waals surface area contributed by atoms with Crippen molar-refractivity contribution in [3.8, 4) is 5.75 Å². The van der Waals surface area contributed by atoms with Gasteiger partial charge in [-0.25, -0.2) is 0 Å². The van der Waals surface area contributed by atoms with E-state index in [4.69, 9.17) is 4.74 Å². The molecule has 1 nitrogen and oxygen atoms in total. The Morgan fingerprint density at radius 3 is 2.00 bits per heavy atom. The monoisotopic (exact) mass is 247 g/mol. The molecule has 0 bridgehead atoms. The average Bonchev–Trinajstić information content (AvgIpc) is 2.42. The van der Waals surface area contributed by atoms with E-state index >= 15 is 0 Å². The first-order valence-electron chi connectivity index (χ1n) is 7.52. The molecule has 0 saturated carbocycles. The molecule has 0 saturated heterocycles. The van der Waals surface area contributed by atoms with Gasteiger partial charge in [0.05, 0.1) is 6.61 Å². The van der Waals surface area contributed by atoms with Gasteiger partial charge in [0.15, 0.2) is 0 Å². The largest absolute Gasteiger partial charge is 0.494 e. The van der Waals surface area contributed by atoms with Gasteiger partial charge in [-0.3, -0.25) is 0 Å². The predicted octanol–water partition coefficient (Wildman–Crippen LogP) is 5.40. The Kier molecular flexibility index (Phi) is 9.32. The summed E-state index contributed by atoms with van der Waals surface area (Å²) in [5.74, 6) is 0.966. The molecule has 0 spiro atoms. The van der Waals surface area contributed by atoms with Crippen molar-refractivity contribution in [2.45, 2.75) is 64.7 Å². The lowest BCUT2D eigenvalue weighted by Crippen LogP contribution is -1.96. The number of ether oxygens (including phenoxy) is 1. The quantitative estimate of drug-likeness (QED) is 0.476. The first-order chi connectivity index (χ1) is 8.93. The van der Waals surface area contributed by atoms with Crippen molar-refractivity contribution in [1.29, 1.82) is 0 Å². The van der Waals surface area contributed by atoms with Crippen LogP contribution in [0.3, 0.4) is 0 Å². The van der Waals surface area contributed by atoms with Crippen LogP contribution in [0.2, 0.25) is 0 Å². The second-order valence-electron chi connectivity index (χ2n) is 4.91. The van der Waals surface area contributed by atoms with Crippen LogP contribution in [-0.2, 0) is 0 Å². The summed E-state index contributed by atoms with van der Waals surface area (Å²) >= 11 is 0. The molecule has 0 fully saturated rings. The summed E-state index contributed by atoms with van der Waals surface area (Å²) in [7, 11) is 0. The lowest BCUT2D eigenvalue weighted by Gasteiger charge is -2.05. The molecule has 1 rings (SSSR count). The van der Waals surface area contributed by atoms with Crippen molar-refractivity contribution in [3.63, 3.8) is 0 Å². The van der Waals surface area contributed by atoms with Crippen molar-refractivity contribution in [2.24, 2.45) is 0 Å². The zero-order valence-electron chi connectivity index (χ0n) is 11.8. The summed E-state index contributed by atoms with van der Waals surface area (Å²) in [5.41, 5.74) is 0. The molecule has 1 radical (unpaired) electrons. The molecule has 0 atom stereocenters. The third-order valence-corrected chi connectivity index (χ3v) is 3.20. The second kappa shape index (κ2) is 11.1. The number of hydrogen-bond acceptors (Lipinski definition) is 1. The van der Waals surface area contributed by atoms with Crippen LogP contribution in [-0.4, -0.2) is 6.61 Å². The number of unbranched alkanes of at least 4 members (excludes halogenated alkanes) is 8. The molecule has 0 aliphatic rings. The van der Waals surface area contributed by atoms with Gasteiger partial charge in [-0.2, -0.15) is 0 Å². The zero-order valence-corrected chi connectivity index (χ0v) is 11.8. The predicted molar refractivity (Wildman–Crippen MR) is 78.0 cm³/mol. The second-order valence-corrected chi connectivity index (χ2v) is 4.91. The highest BCUT2D eigenvalue weighted by molar-refractivity contribution is 5.20. The Morgan fingerprint density at radius 1 is 0.833 bits per heavy atom. The van der Waals surface area contributed by atoms with Gasteiger partial charge in [0, 0.05) is 0 Å². The number of rotatable bonds is 11. The summed E-state index contributed by atoms with van der Waals surface area (Å²) in [5, 5.41) is 0. The van der Waals surface area contributed by atoms with Gasteiger partial charge in [-0.15, -0.1) is 0 Å². The van der Waals surface area contributed by atoms with Crippen molar-refractivity contribution >= 4 is 0 Å². The van der Waals surface area contributed by atoms with Crippen molar-refractivity contribution in [2.75, 3.05) is 6.61 Å². The number of hydrogen-bond donors (Lipinski definition) is 0. The molecular weight excluding hydrogens is 220 g/mol. The minimum atomic E-state index is 0.847. The van der Waals surface area contributed by atoms with E-state index in [0.29, 0.717) is 0 Å². The van der Waals surface area contributed by atoms with Crippen LogP contribution < -0.4 is 4.74 Å². The molecule has 1 aromatic rings. The third kappa shape index (κ3) is 8.16. The summed E-state index contributed by atoms with van der Waals surface area (Å²) in [6.07, 6.45) is 12.2. The highest BCUT2D eigenvalue weighted by atomic mass is 16.5. The lowest BCUT2D eigenvalue weighted by molar-refractivity contribution is 0.304. The highest BCUT2D eigenvalue weighted by Gasteiger charge is 1.94. The molecule has 0 heterocycles. The molecule has 0 aliphatic carbocycles. The Morgan fingerprint density at radius 2 is 1.39 bits per heavy atom. The maximum Gasteiger partial charge on any atom is 0.119 e. The molecule has 0 unspecified atom stereocenters. The molecule has 0 amide bonds. The van der Waals surface area contributed by atoms with Crippen LogP contribution >= 0.6 is 0 Å². The van der Waals surface area contributed by atoms with Crippen molar-refractivity contribution in [1.82, 2.24) is 0 Å². The Balaban J connectivity index is 1.82. The first kappa shape index (κ1) is 15.1. The van der Waals surface area contributed by atoms with Crippen LogP contribution in [0.1, 0.15) is 64.7 Å². The molecule has 18 heavy (non-hydrogen) atoms. The van der Waals surface area contributed by atoms with E-state index < -0.39 is 0 Å². The summed E-state index contributed by atoms with van der Waals surface area (Å²) < 4.78 is 5.65. The van der Waals surface area contributed by atoms with Gasteiger partial charge < -0.3 is 4.74 Å². The average molecular weight is 247 g/mol. The lowest BCUT2D eigenvalue weighted by atomic mass is 10.1. The van der Waals surface area contributed by atoms with Crippen LogP contribution in [0, 0.1) is 6.07 Å². The van der Waals surface area contributed by atoms with Gasteiger partial charge in [-0.05, 0) is 24.6 Å². The van der Waals surface area contributed by atoms with Crippen LogP contribution in [0.5, 0.6) is 5.75 Å². The molecular formula is C17H27O. The van der Waals surface area contributed by atoms with E-state index in [2.05, 4.69) is 13.0 Å². The maximum absolute atomic E-state index is 5.65. The first-order valence-corrected chi connectivity index (χ1v) is 7.52. The maximum atomic E-state index is 5.65. The van der Waals surface area contributed by atoms with E-state index in [-0.39, 0.29) is 0 Å². The Bertz CT molecular complexity index is 268. The van der Waals surface area contributed by atoms with E-state index in [1.165, 1.54) is 57.8 Å². The number of benzene rings is 1. The minimum Gasteiger partial charge on any atom is -0.494 e. The third-order valence-electron chi connectivity index (χ3n) is 3.20. The summed E-state index contributed by atoms with van der Waals surface area (Å²) in [4.78, 5) is 0. The highest BCUT2D eigenvalue weighted by Crippen LogP contribution is 2.11. The normalized spacial score (nSPS) is 10.5. The summed E-state index contributed by atoms with van der Waals surface area (Å²) in [6, 6.07) is 10.7.